The Hall–Kier alpha value is -3.14. The molecule has 0 aliphatic rings. The van der Waals surface area contributed by atoms with Crippen LogP contribution in [0.1, 0.15) is 10.4 Å². The molecule has 0 saturated heterocycles. The lowest BCUT2D eigenvalue weighted by Crippen LogP contribution is -2.09. The number of carbonyl (C=O) groups is 1. The van der Waals surface area contributed by atoms with E-state index in [9.17, 15) is 4.79 Å². The van der Waals surface area contributed by atoms with Gasteiger partial charge in [-0.25, -0.2) is 4.79 Å². The van der Waals surface area contributed by atoms with Gasteiger partial charge in [0.1, 0.15) is 11.5 Å². The van der Waals surface area contributed by atoms with Crippen molar-refractivity contribution in [3.63, 3.8) is 0 Å². The zero-order valence-corrected chi connectivity index (χ0v) is 12.6. The molecule has 0 bridgehead atoms. The predicted molar refractivity (Wildman–Crippen MR) is 87.6 cm³/mol. The molecule has 23 heavy (non-hydrogen) atoms. The van der Waals surface area contributed by atoms with Crippen molar-refractivity contribution >= 4 is 5.97 Å². The molecule has 1 heterocycles. The van der Waals surface area contributed by atoms with Crippen LogP contribution in [0.4, 0.5) is 0 Å². The van der Waals surface area contributed by atoms with E-state index >= 15 is 0 Å². The number of rotatable bonds is 4. The van der Waals surface area contributed by atoms with Crippen LogP contribution in [-0.4, -0.2) is 18.1 Å². The monoisotopic (exact) mass is 305 g/mol. The van der Waals surface area contributed by atoms with Crippen LogP contribution >= 0.6 is 0 Å². The minimum absolute atomic E-state index is 0.414. The fraction of sp³-hybridized carbons (Fsp3) is 0.0526. The molecule has 0 spiro atoms. The summed E-state index contributed by atoms with van der Waals surface area (Å²) >= 11 is 0. The van der Waals surface area contributed by atoms with E-state index in [4.69, 9.17) is 9.47 Å². The molecule has 0 amide bonds. The summed E-state index contributed by atoms with van der Waals surface area (Å²) in [4.78, 5) is 16.6. The van der Waals surface area contributed by atoms with Crippen LogP contribution in [0.25, 0.3) is 11.3 Å². The molecule has 0 N–H and O–H groups in total. The molecule has 0 aliphatic heterocycles. The van der Waals surface area contributed by atoms with Crippen molar-refractivity contribution in [3.8, 4) is 22.8 Å². The number of benzene rings is 2. The Morgan fingerprint density at radius 1 is 0.957 bits per heavy atom. The van der Waals surface area contributed by atoms with Crippen LogP contribution in [0, 0.1) is 0 Å². The number of esters is 1. The lowest BCUT2D eigenvalue weighted by molar-refractivity contribution is 0.0735. The SMILES string of the molecule is COc1ccc(-c2ccccn2)c(OC(=O)c2ccccc2)c1. The van der Waals surface area contributed by atoms with E-state index in [1.165, 1.54) is 0 Å². The first-order valence-corrected chi connectivity index (χ1v) is 7.14. The second-order valence-electron chi connectivity index (χ2n) is 4.83. The molecular formula is C19H15NO3. The second-order valence-corrected chi connectivity index (χ2v) is 4.83. The van der Waals surface area contributed by atoms with Crippen molar-refractivity contribution in [2.24, 2.45) is 0 Å². The molecule has 3 aromatic rings. The standard InChI is InChI=1S/C19H15NO3/c1-22-15-10-11-16(17-9-5-6-12-20-17)18(13-15)23-19(21)14-7-3-2-4-8-14/h2-13H,1H3. The summed E-state index contributed by atoms with van der Waals surface area (Å²) < 4.78 is 10.8. The first-order chi connectivity index (χ1) is 11.3. The summed E-state index contributed by atoms with van der Waals surface area (Å²) in [6, 6.07) is 19.8. The minimum atomic E-state index is -0.420. The van der Waals surface area contributed by atoms with Gasteiger partial charge in [0.05, 0.1) is 18.4 Å². The Morgan fingerprint density at radius 2 is 1.74 bits per heavy atom. The van der Waals surface area contributed by atoms with Crippen LogP contribution in [0.5, 0.6) is 11.5 Å². The molecule has 4 heteroatoms. The number of ether oxygens (including phenoxy) is 2. The topological polar surface area (TPSA) is 48.4 Å². The van der Waals surface area contributed by atoms with E-state index in [2.05, 4.69) is 4.98 Å². The Bertz CT molecular complexity index is 801. The normalized spacial score (nSPS) is 10.1. The lowest BCUT2D eigenvalue weighted by atomic mass is 10.1. The van der Waals surface area contributed by atoms with E-state index < -0.39 is 5.97 Å². The Balaban J connectivity index is 1.98. The molecule has 0 unspecified atom stereocenters. The van der Waals surface area contributed by atoms with Gasteiger partial charge in [0.25, 0.3) is 0 Å². The number of aromatic nitrogens is 1. The van der Waals surface area contributed by atoms with E-state index in [0.29, 0.717) is 17.1 Å². The zero-order chi connectivity index (χ0) is 16.1. The Kier molecular flexibility index (Phi) is 4.34. The van der Waals surface area contributed by atoms with Crippen molar-refractivity contribution in [1.82, 2.24) is 4.98 Å². The molecule has 3 rings (SSSR count). The highest BCUT2D eigenvalue weighted by molar-refractivity contribution is 5.92. The predicted octanol–water partition coefficient (Wildman–Crippen LogP) is 3.98. The van der Waals surface area contributed by atoms with Gasteiger partial charge < -0.3 is 9.47 Å². The number of hydrogen-bond acceptors (Lipinski definition) is 4. The average molecular weight is 305 g/mol. The zero-order valence-electron chi connectivity index (χ0n) is 12.6. The quantitative estimate of drug-likeness (QED) is 0.540. The summed E-state index contributed by atoms with van der Waals surface area (Å²) in [7, 11) is 1.57. The molecule has 0 aliphatic carbocycles. The van der Waals surface area contributed by atoms with Gasteiger partial charge in [-0.2, -0.15) is 0 Å². The highest BCUT2D eigenvalue weighted by Crippen LogP contribution is 2.32. The highest BCUT2D eigenvalue weighted by Gasteiger charge is 2.14. The molecule has 0 radical (unpaired) electrons. The van der Waals surface area contributed by atoms with Crippen molar-refractivity contribution < 1.29 is 14.3 Å². The van der Waals surface area contributed by atoms with E-state index in [1.54, 1.807) is 43.6 Å². The van der Waals surface area contributed by atoms with Crippen molar-refractivity contribution in [3.05, 3.63) is 78.5 Å². The van der Waals surface area contributed by atoms with Gasteiger partial charge in [-0.1, -0.05) is 24.3 Å². The fourth-order valence-corrected chi connectivity index (χ4v) is 2.18. The third kappa shape index (κ3) is 3.37. The minimum Gasteiger partial charge on any atom is -0.497 e. The number of carbonyl (C=O) groups excluding carboxylic acids is 1. The summed E-state index contributed by atoms with van der Waals surface area (Å²) in [5.74, 6) is 0.605. The maximum absolute atomic E-state index is 12.3. The average Bonchev–Trinajstić information content (AvgIpc) is 2.63. The third-order valence-electron chi connectivity index (χ3n) is 3.34. The maximum Gasteiger partial charge on any atom is 0.343 e. The van der Waals surface area contributed by atoms with Crippen LogP contribution in [0.15, 0.2) is 72.9 Å². The molecule has 0 atom stereocenters. The third-order valence-corrected chi connectivity index (χ3v) is 3.34. The fourth-order valence-electron chi connectivity index (χ4n) is 2.18. The Morgan fingerprint density at radius 3 is 2.43 bits per heavy atom. The van der Waals surface area contributed by atoms with Gasteiger partial charge in [-0.15, -0.1) is 0 Å². The van der Waals surface area contributed by atoms with Crippen LogP contribution < -0.4 is 9.47 Å². The molecule has 114 valence electrons. The van der Waals surface area contributed by atoms with Gasteiger partial charge in [0, 0.05) is 17.8 Å². The van der Waals surface area contributed by atoms with Gasteiger partial charge in [-0.05, 0) is 36.4 Å². The van der Waals surface area contributed by atoms with Crippen molar-refractivity contribution in [2.45, 2.75) is 0 Å². The van der Waals surface area contributed by atoms with E-state index in [1.807, 2.05) is 36.4 Å². The second kappa shape index (κ2) is 6.75. The van der Waals surface area contributed by atoms with E-state index in [-0.39, 0.29) is 0 Å². The highest BCUT2D eigenvalue weighted by atomic mass is 16.5. The van der Waals surface area contributed by atoms with Crippen molar-refractivity contribution in [2.75, 3.05) is 7.11 Å². The summed E-state index contributed by atoms with van der Waals surface area (Å²) in [5.41, 5.74) is 1.95. The molecule has 0 fully saturated rings. The van der Waals surface area contributed by atoms with Gasteiger partial charge in [0.15, 0.2) is 0 Å². The number of nitrogens with zero attached hydrogens (tertiary/aromatic N) is 1. The van der Waals surface area contributed by atoms with Crippen LogP contribution in [0.3, 0.4) is 0 Å². The number of pyridine rings is 1. The Labute approximate surface area is 134 Å². The lowest BCUT2D eigenvalue weighted by Gasteiger charge is -2.11. The first kappa shape index (κ1) is 14.8. The first-order valence-electron chi connectivity index (χ1n) is 7.14. The molecular weight excluding hydrogens is 290 g/mol. The molecule has 0 saturated carbocycles. The van der Waals surface area contributed by atoms with Gasteiger partial charge in [0.2, 0.25) is 0 Å². The number of methoxy groups -OCH3 is 1. The number of hydrogen-bond donors (Lipinski definition) is 0. The van der Waals surface area contributed by atoms with E-state index in [0.717, 1.165) is 11.3 Å². The molecule has 4 nitrogen and oxygen atoms in total. The smallest absolute Gasteiger partial charge is 0.343 e. The van der Waals surface area contributed by atoms with Gasteiger partial charge >= 0.3 is 5.97 Å². The van der Waals surface area contributed by atoms with Crippen molar-refractivity contribution in [1.29, 1.82) is 0 Å². The molecule has 2 aromatic carbocycles. The summed E-state index contributed by atoms with van der Waals surface area (Å²) in [6.07, 6.45) is 1.70. The summed E-state index contributed by atoms with van der Waals surface area (Å²) in [6.45, 7) is 0. The van der Waals surface area contributed by atoms with Gasteiger partial charge in [-0.3, -0.25) is 4.98 Å². The van der Waals surface area contributed by atoms with Crippen LogP contribution in [-0.2, 0) is 0 Å². The maximum atomic E-state index is 12.3. The largest absolute Gasteiger partial charge is 0.497 e. The summed E-state index contributed by atoms with van der Waals surface area (Å²) in [5, 5.41) is 0. The molecule has 1 aromatic heterocycles. The van der Waals surface area contributed by atoms with Crippen LogP contribution in [0.2, 0.25) is 0 Å².